The Kier molecular flexibility index (Phi) is 3.85. The number of imidazole rings is 1. The van der Waals surface area contributed by atoms with Gasteiger partial charge in [-0.2, -0.15) is 5.10 Å². The maximum absolute atomic E-state index is 12.0. The van der Waals surface area contributed by atoms with Crippen molar-refractivity contribution >= 4 is 11.8 Å². The summed E-state index contributed by atoms with van der Waals surface area (Å²) in [4.78, 5) is 26.3. The number of esters is 1. The average molecular weight is 319 g/mol. The molecule has 3 rings (SSSR count). The van der Waals surface area contributed by atoms with E-state index in [9.17, 15) is 14.9 Å². The SMILES string of the molecule is Cc1ncc([N+](=O)[O-])n1CCOC(=O)[C@H]1C[C@H]1c1cnn(C)c1. The lowest BCUT2D eigenvalue weighted by molar-refractivity contribution is -0.392. The molecule has 9 nitrogen and oxygen atoms in total. The molecule has 0 N–H and O–H groups in total. The van der Waals surface area contributed by atoms with Crippen LogP contribution in [-0.2, 0) is 23.1 Å². The molecule has 9 heteroatoms. The van der Waals surface area contributed by atoms with E-state index in [1.807, 2.05) is 13.2 Å². The van der Waals surface area contributed by atoms with Gasteiger partial charge in [0, 0.05) is 26.1 Å². The Morgan fingerprint density at radius 1 is 1.52 bits per heavy atom. The minimum absolute atomic E-state index is 0.0904. The molecule has 122 valence electrons. The molecule has 23 heavy (non-hydrogen) atoms. The molecule has 0 bridgehead atoms. The molecular weight excluding hydrogens is 302 g/mol. The first-order chi connectivity index (χ1) is 11.0. The maximum Gasteiger partial charge on any atom is 0.342 e. The van der Waals surface area contributed by atoms with Crippen LogP contribution in [-0.4, -0.2) is 36.8 Å². The van der Waals surface area contributed by atoms with Crippen molar-refractivity contribution < 1.29 is 14.5 Å². The minimum atomic E-state index is -0.499. The highest BCUT2D eigenvalue weighted by atomic mass is 16.6. The van der Waals surface area contributed by atoms with Gasteiger partial charge in [-0.25, -0.2) is 9.55 Å². The van der Waals surface area contributed by atoms with Crippen molar-refractivity contribution in [3.8, 4) is 0 Å². The summed E-state index contributed by atoms with van der Waals surface area (Å²) in [5.74, 6) is 0.184. The number of hydrogen-bond acceptors (Lipinski definition) is 6. The number of carbonyl (C=O) groups is 1. The van der Waals surface area contributed by atoms with E-state index in [4.69, 9.17) is 4.74 Å². The molecule has 0 radical (unpaired) electrons. The van der Waals surface area contributed by atoms with Crippen LogP contribution in [0.4, 0.5) is 5.82 Å². The number of aryl methyl sites for hydroxylation is 2. The average Bonchev–Trinajstić information content (AvgIpc) is 3.06. The highest BCUT2D eigenvalue weighted by Gasteiger charge is 2.45. The van der Waals surface area contributed by atoms with Crippen LogP contribution < -0.4 is 0 Å². The summed E-state index contributed by atoms with van der Waals surface area (Å²) in [7, 11) is 1.83. The molecule has 0 aliphatic heterocycles. The van der Waals surface area contributed by atoms with E-state index in [-0.39, 0.29) is 36.8 Å². The summed E-state index contributed by atoms with van der Waals surface area (Å²) in [5, 5.41) is 15.0. The number of ether oxygens (including phenoxy) is 1. The zero-order valence-electron chi connectivity index (χ0n) is 12.9. The Labute approximate surface area is 132 Å². The van der Waals surface area contributed by atoms with E-state index >= 15 is 0 Å². The van der Waals surface area contributed by atoms with Crippen molar-refractivity contribution in [1.29, 1.82) is 0 Å². The molecule has 0 unspecified atom stereocenters. The van der Waals surface area contributed by atoms with Crippen molar-refractivity contribution in [3.05, 3.63) is 40.1 Å². The van der Waals surface area contributed by atoms with Crippen molar-refractivity contribution in [1.82, 2.24) is 19.3 Å². The second-order valence-electron chi connectivity index (χ2n) is 5.64. The topological polar surface area (TPSA) is 105 Å². The van der Waals surface area contributed by atoms with Crippen LogP contribution in [0.1, 0.15) is 23.7 Å². The van der Waals surface area contributed by atoms with Crippen molar-refractivity contribution in [2.24, 2.45) is 13.0 Å². The van der Waals surface area contributed by atoms with Crippen LogP contribution in [0.25, 0.3) is 0 Å². The number of nitro groups is 1. The fraction of sp³-hybridized carbons (Fsp3) is 0.500. The molecule has 0 saturated heterocycles. The van der Waals surface area contributed by atoms with Gasteiger partial charge in [0.15, 0.2) is 5.82 Å². The largest absolute Gasteiger partial charge is 0.461 e. The lowest BCUT2D eigenvalue weighted by Gasteiger charge is -2.05. The van der Waals surface area contributed by atoms with E-state index in [1.54, 1.807) is 17.8 Å². The Bertz CT molecular complexity index is 750. The van der Waals surface area contributed by atoms with Gasteiger partial charge in [0.05, 0.1) is 12.1 Å². The van der Waals surface area contributed by atoms with Crippen LogP contribution in [0, 0.1) is 23.0 Å². The summed E-state index contributed by atoms with van der Waals surface area (Å²) in [6.07, 6.45) is 5.62. The monoisotopic (exact) mass is 319 g/mol. The van der Waals surface area contributed by atoms with E-state index in [2.05, 4.69) is 10.1 Å². The summed E-state index contributed by atoms with van der Waals surface area (Å²) >= 11 is 0. The van der Waals surface area contributed by atoms with Gasteiger partial charge >= 0.3 is 11.8 Å². The van der Waals surface area contributed by atoms with Crippen molar-refractivity contribution in [3.63, 3.8) is 0 Å². The van der Waals surface area contributed by atoms with Gasteiger partial charge < -0.3 is 14.9 Å². The standard InChI is InChI=1S/C14H17N5O4/c1-9-15-7-13(19(21)22)18(9)3-4-23-14(20)12-5-11(12)10-6-16-17(2)8-10/h6-8,11-12H,3-5H2,1-2H3/t11-,12-/m0/s1. The number of rotatable bonds is 6. The van der Waals surface area contributed by atoms with Crippen LogP contribution in [0.3, 0.4) is 0 Å². The van der Waals surface area contributed by atoms with E-state index in [1.165, 1.54) is 10.8 Å². The molecule has 1 aliphatic rings. The molecule has 2 atom stereocenters. The van der Waals surface area contributed by atoms with Gasteiger partial charge in [0.1, 0.15) is 19.3 Å². The third-order valence-electron chi connectivity index (χ3n) is 4.03. The van der Waals surface area contributed by atoms with Gasteiger partial charge in [-0.3, -0.25) is 9.48 Å². The van der Waals surface area contributed by atoms with Gasteiger partial charge in [-0.05, 0) is 16.9 Å². The lowest BCUT2D eigenvalue weighted by Crippen LogP contribution is -2.15. The third-order valence-corrected chi connectivity index (χ3v) is 4.03. The molecule has 2 aromatic rings. The first-order valence-electron chi connectivity index (χ1n) is 7.29. The smallest absolute Gasteiger partial charge is 0.342 e. The second-order valence-corrected chi connectivity index (χ2v) is 5.64. The van der Waals surface area contributed by atoms with Gasteiger partial charge in [0.2, 0.25) is 0 Å². The first kappa shape index (κ1) is 15.2. The number of nitrogens with zero attached hydrogens (tertiary/aromatic N) is 5. The Balaban J connectivity index is 1.51. The minimum Gasteiger partial charge on any atom is -0.461 e. The fourth-order valence-corrected chi connectivity index (χ4v) is 2.68. The maximum atomic E-state index is 12.0. The lowest BCUT2D eigenvalue weighted by atomic mass is 10.2. The molecule has 2 aromatic heterocycles. The van der Waals surface area contributed by atoms with Gasteiger partial charge in [0.25, 0.3) is 0 Å². The molecular formula is C14H17N5O4. The predicted octanol–water partition coefficient (Wildman–Crippen LogP) is 1.18. The van der Waals surface area contributed by atoms with E-state index < -0.39 is 4.92 Å². The zero-order valence-corrected chi connectivity index (χ0v) is 12.9. The summed E-state index contributed by atoms with van der Waals surface area (Å²) < 4.78 is 8.38. The molecule has 1 aliphatic carbocycles. The Morgan fingerprint density at radius 2 is 2.30 bits per heavy atom. The Morgan fingerprint density at radius 3 is 2.96 bits per heavy atom. The first-order valence-corrected chi connectivity index (χ1v) is 7.29. The summed E-state index contributed by atoms with van der Waals surface area (Å²) in [5.41, 5.74) is 1.04. The van der Waals surface area contributed by atoms with Gasteiger partial charge in [-0.15, -0.1) is 0 Å². The van der Waals surface area contributed by atoms with Crippen LogP contribution in [0.2, 0.25) is 0 Å². The highest BCUT2D eigenvalue weighted by Crippen LogP contribution is 2.47. The van der Waals surface area contributed by atoms with Crippen LogP contribution >= 0.6 is 0 Å². The van der Waals surface area contributed by atoms with Gasteiger partial charge in [-0.1, -0.05) is 0 Å². The predicted molar refractivity (Wildman–Crippen MR) is 78.6 cm³/mol. The molecule has 0 aromatic carbocycles. The molecule has 1 saturated carbocycles. The molecule has 1 fully saturated rings. The number of aromatic nitrogens is 4. The highest BCUT2D eigenvalue weighted by molar-refractivity contribution is 5.77. The van der Waals surface area contributed by atoms with E-state index in [0.29, 0.717) is 5.82 Å². The molecule has 0 spiro atoms. The normalized spacial score (nSPS) is 19.6. The third kappa shape index (κ3) is 3.08. The Hall–Kier alpha value is -2.71. The quantitative estimate of drug-likeness (QED) is 0.450. The number of carbonyl (C=O) groups excluding carboxylic acids is 1. The van der Waals surface area contributed by atoms with E-state index in [0.717, 1.165) is 12.0 Å². The van der Waals surface area contributed by atoms with Crippen molar-refractivity contribution in [2.75, 3.05) is 6.61 Å². The molecule has 0 amide bonds. The summed E-state index contributed by atoms with van der Waals surface area (Å²) in [6.45, 7) is 1.99. The molecule has 2 heterocycles. The second kappa shape index (κ2) is 5.82. The van der Waals surface area contributed by atoms with Crippen LogP contribution in [0.15, 0.2) is 18.6 Å². The van der Waals surface area contributed by atoms with Crippen molar-refractivity contribution in [2.45, 2.75) is 25.8 Å². The summed E-state index contributed by atoms with van der Waals surface area (Å²) in [6, 6.07) is 0. The number of hydrogen-bond donors (Lipinski definition) is 0. The zero-order chi connectivity index (χ0) is 16.6. The van der Waals surface area contributed by atoms with Crippen LogP contribution in [0.5, 0.6) is 0 Å². The fourth-order valence-electron chi connectivity index (χ4n) is 2.68.